The number of amides is 3. The van der Waals surface area contributed by atoms with Gasteiger partial charge in [0.05, 0.1) is 12.1 Å². The summed E-state index contributed by atoms with van der Waals surface area (Å²) >= 11 is 0. The standard InChI is InChI=1S/C21H30N2O3/c1-14(2)10-15-4-5-16-12-21(8-6-17(26-3)7-9-21)19(18(16)11-15)23-20(25)22-13-24/h4-5,11,13-14,17,19H,6-10,12H2,1-3H3,(H2,22,23,24,25)/t17-,19?,21-. The molecule has 2 aliphatic carbocycles. The summed E-state index contributed by atoms with van der Waals surface area (Å²) in [6.07, 6.45) is 6.82. The van der Waals surface area contributed by atoms with Crippen LogP contribution >= 0.6 is 0 Å². The van der Waals surface area contributed by atoms with Crippen molar-refractivity contribution in [3.63, 3.8) is 0 Å². The molecule has 26 heavy (non-hydrogen) atoms. The smallest absolute Gasteiger partial charge is 0.321 e. The Balaban J connectivity index is 1.90. The van der Waals surface area contributed by atoms with Crippen molar-refractivity contribution >= 4 is 12.4 Å². The quantitative estimate of drug-likeness (QED) is 0.792. The monoisotopic (exact) mass is 358 g/mol. The molecule has 1 saturated carbocycles. The lowest BCUT2D eigenvalue weighted by Gasteiger charge is -2.41. The first-order valence-electron chi connectivity index (χ1n) is 9.62. The maximum atomic E-state index is 12.1. The Bertz CT molecular complexity index is 663. The number of fused-ring (bicyclic) bond motifs is 1. The van der Waals surface area contributed by atoms with E-state index in [1.165, 1.54) is 16.7 Å². The summed E-state index contributed by atoms with van der Waals surface area (Å²) in [7, 11) is 1.78. The van der Waals surface area contributed by atoms with Gasteiger partial charge in [0, 0.05) is 7.11 Å². The van der Waals surface area contributed by atoms with Crippen LogP contribution in [0, 0.1) is 11.3 Å². The van der Waals surface area contributed by atoms with Gasteiger partial charge < -0.3 is 10.1 Å². The van der Waals surface area contributed by atoms with Crippen LogP contribution in [0.3, 0.4) is 0 Å². The Hall–Kier alpha value is -1.88. The molecular weight excluding hydrogens is 328 g/mol. The zero-order valence-electron chi connectivity index (χ0n) is 16.0. The zero-order chi connectivity index (χ0) is 18.7. The highest BCUT2D eigenvalue weighted by molar-refractivity contribution is 5.84. The molecule has 0 saturated heterocycles. The van der Waals surface area contributed by atoms with Gasteiger partial charge in [-0.3, -0.25) is 10.1 Å². The molecule has 0 aliphatic heterocycles. The third kappa shape index (κ3) is 3.78. The van der Waals surface area contributed by atoms with Gasteiger partial charge in [0.25, 0.3) is 0 Å². The second kappa shape index (κ2) is 7.78. The van der Waals surface area contributed by atoms with Gasteiger partial charge in [0.15, 0.2) is 0 Å². The fourth-order valence-electron chi connectivity index (χ4n) is 4.81. The number of carbonyl (C=O) groups excluding carboxylic acids is 2. The van der Waals surface area contributed by atoms with E-state index in [0.717, 1.165) is 38.5 Å². The van der Waals surface area contributed by atoms with Crippen molar-refractivity contribution < 1.29 is 14.3 Å². The van der Waals surface area contributed by atoms with Crippen molar-refractivity contribution in [1.82, 2.24) is 10.6 Å². The highest BCUT2D eigenvalue weighted by Crippen LogP contribution is 2.54. The van der Waals surface area contributed by atoms with E-state index < -0.39 is 6.03 Å². The van der Waals surface area contributed by atoms with Gasteiger partial charge >= 0.3 is 6.03 Å². The van der Waals surface area contributed by atoms with E-state index >= 15 is 0 Å². The van der Waals surface area contributed by atoms with Crippen LogP contribution in [0.25, 0.3) is 0 Å². The van der Waals surface area contributed by atoms with Crippen LogP contribution in [-0.4, -0.2) is 25.7 Å². The molecule has 0 heterocycles. The maximum absolute atomic E-state index is 12.1. The molecule has 1 fully saturated rings. The SMILES string of the molecule is CO[C@H]1CC[C@]2(CC1)Cc1ccc(CC(C)C)cc1C2NC(=O)NC=O. The summed E-state index contributed by atoms with van der Waals surface area (Å²) in [5, 5.41) is 5.32. The van der Waals surface area contributed by atoms with Gasteiger partial charge in [-0.05, 0) is 66.5 Å². The Labute approximate surface area is 155 Å². The lowest BCUT2D eigenvalue weighted by molar-refractivity contribution is -0.108. The summed E-state index contributed by atoms with van der Waals surface area (Å²) in [5.41, 5.74) is 3.88. The van der Waals surface area contributed by atoms with E-state index in [1.807, 2.05) is 0 Å². The largest absolute Gasteiger partial charge is 0.381 e. The molecule has 1 aromatic rings. The highest BCUT2D eigenvalue weighted by atomic mass is 16.5. The molecule has 1 spiro atoms. The molecule has 5 heteroatoms. The van der Waals surface area contributed by atoms with Gasteiger partial charge in [0.2, 0.25) is 6.41 Å². The first kappa shape index (κ1) is 18.9. The lowest BCUT2D eigenvalue weighted by atomic mass is 9.68. The van der Waals surface area contributed by atoms with Crippen LogP contribution in [0.1, 0.15) is 62.3 Å². The highest BCUT2D eigenvalue weighted by Gasteiger charge is 2.48. The van der Waals surface area contributed by atoms with Crippen LogP contribution in [0.5, 0.6) is 0 Å². The van der Waals surface area contributed by atoms with E-state index in [9.17, 15) is 9.59 Å². The molecule has 1 unspecified atom stereocenters. The minimum absolute atomic E-state index is 0.0219. The fourth-order valence-corrected chi connectivity index (χ4v) is 4.81. The number of ether oxygens (including phenoxy) is 1. The summed E-state index contributed by atoms with van der Waals surface area (Å²) < 4.78 is 5.54. The predicted molar refractivity (Wildman–Crippen MR) is 101 cm³/mol. The number of hydrogen-bond acceptors (Lipinski definition) is 3. The number of rotatable bonds is 5. The Morgan fingerprint density at radius 3 is 2.69 bits per heavy atom. The van der Waals surface area contributed by atoms with E-state index in [4.69, 9.17) is 4.74 Å². The van der Waals surface area contributed by atoms with Crippen molar-refractivity contribution in [2.24, 2.45) is 11.3 Å². The molecule has 2 aliphatic rings. The molecule has 3 rings (SSSR count). The van der Waals surface area contributed by atoms with Gasteiger partial charge in [-0.15, -0.1) is 0 Å². The van der Waals surface area contributed by atoms with Crippen LogP contribution in [0.4, 0.5) is 4.79 Å². The molecule has 3 amide bonds. The molecule has 0 bridgehead atoms. The number of methoxy groups -OCH3 is 1. The average Bonchev–Trinajstić information content (AvgIpc) is 2.88. The van der Waals surface area contributed by atoms with E-state index in [0.29, 0.717) is 18.4 Å². The third-order valence-corrected chi connectivity index (χ3v) is 6.05. The zero-order valence-corrected chi connectivity index (χ0v) is 16.0. The van der Waals surface area contributed by atoms with Gasteiger partial charge in [-0.1, -0.05) is 32.0 Å². The number of benzene rings is 1. The van der Waals surface area contributed by atoms with Crippen LogP contribution in [0.2, 0.25) is 0 Å². The molecule has 1 atom stereocenters. The second-order valence-corrected chi connectivity index (χ2v) is 8.27. The Morgan fingerprint density at radius 2 is 2.08 bits per heavy atom. The Kier molecular flexibility index (Phi) is 5.66. The van der Waals surface area contributed by atoms with Crippen LogP contribution in [0.15, 0.2) is 18.2 Å². The van der Waals surface area contributed by atoms with Crippen molar-refractivity contribution in [1.29, 1.82) is 0 Å². The topological polar surface area (TPSA) is 67.4 Å². The van der Waals surface area contributed by atoms with Crippen molar-refractivity contribution in [2.45, 2.75) is 64.5 Å². The summed E-state index contributed by atoms with van der Waals surface area (Å²) in [6, 6.07) is 6.25. The minimum Gasteiger partial charge on any atom is -0.381 e. The van der Waals surface area contributed by atoms with E-state index in [2.05, 4.69) is 42.7 Å². The summed E-state index contributed by atoms with van der Waals surface area (Å²) in [6.45, 7) is 4.43. The normalized spacial score (nSPS) is 27.4. The number of imide groups is 1. The lowest BCUT2D eigenvalue weighted by Crippen LogP contribution is -2.45. The Morgan fingerprint density at radius 1 is 1.35 bits per heavy atom. The molecule has 0 aromatic heterocycles. The van der Waals surface area contributed by atoms with Gasteiger partial charge in [-0.2, -0.15) is 0 Å². The molecule has 2 N–H and O–H groups in total. The molecule has 0 radical (unpaired) electrons. The number of carbonyl (C=O) groups is 2. The van der Waals surface area contributed by atoms with E-state index in [-0.39, 0.29) is 11.5 Å². The average molecular weight is 358 g/mol. The van der Waals surface area contributed by atoms with Crippen LogP contribution < -0.4 is 10.6 Å². The van der Waals surface area contributed by atoms with Crippen LogP contribution in [-0.2, 0) is 22.4 Å². The number of hydrogen-bond donors (Lipinski definition) is 2. The van der Waals surface area contributed by atoms with Crippen molar-refractivity contribution in [2.75, 3.05) is 7.11 Å². The number of nitrogens with one attached hydrogen (secondary N) is 2. The summed E-state index contributed by atoms with van der Waals surface area (Å²) in [5.74, 6) is 0.588. The molecule has 1 aromatic carbocycles. The first-order chi connectivity index (χ1) is 12.5. The predicted octanol–water partition coefficient (Wildman–Crippen LogP) is 3.51. The van der Waals surface area contributed by atoms with E-state index in [1.54, 1.807) is 7.11 Å². The first-order valence-corrected chi connectivity index (χ1v) is 9.62. The molecular formula is C21H30N2O3. The maximum Gasteiger partial charge on any atom is 0.321 e. The fraction of sp³-hybridized carbons (Fsp3) is 0.619. The third-order valence-electron chi connectivity index (χ3n) is 6.05. The van der Waals surface area contributed by atoms with Gasteiger partial charge in [0.1, 0.15) is 0 Å². The summed E-state index contributed by atoms with van der Waals surface area (Å²) in [4.78, 5) is 22.8. The van der Waals surface area contributed by atoms with Gasteiger partial charge in [-0.25, -0.2) is 4.79 Å². The second-order valence-electron chi connectivity index (χ2n) is 8.27. The van der Waals surface area contributed by atoms with Crippen molar-refractivity contribution in [3.8, 4) is 0 Å². The minimum atomic E-state index is -0.416. The molecule has 142 valence electrons. The molecule has 5 nitrogen and oxygen atoms in total. The number of urea groups is 1. The van der Waals surface area contributed by atoms with Crippen molar-refractivity contribution in [3.05, 3.63) is 34.9 Å².